The highest BCUT2D eigenvalue weighted by Crippen LogP contribution is 2.31. The number of aryl methyl sites for hydroxylation is 1. The van der Waals surface area contributed by atoms with Gasteiger partial charge in [-0.2, -0.15) is 0 Å². The van der Waals surface area contributed by atoms with Crippen molar-refractivity contribution in [3.8, 4) is 11.6 Å². The molecule has 0 unspecified atom stereocenters. The van der Waals surface area contributed by atoms with Gasteiger partial charge in [-0.3, -0.25) is 0 Å². The molecule has 0 fully saturated rings. The molecule has 0 atom stereocenters. The Morgan fingerprint density at radius 2 is 2.00 bits per heavy atom. The first-order valence-corrected chi connectivity index (χ1v) is 5.47. The van der Waals surface area contributed by atoms with Gasteiger partial charge in [-0.25, -0.2) is 9.97 Å². The maximum Gasteiger partial charge on any atom is 0.227 e. The summed E-state index contributed by atoms with van der Waals surface area (Å²) in [5, 5.41) is 0.534. The Morgan fingerprint density at radius 3 is 2.76 bits per heavy atom. The number of anilines is 1. The van der Waals surface area contributed by atoms with Gasteiger partial charge in [0.2, 0.25) is 5.88 Å². The third-order valence-corrected chi connectivity index (χ3v) is 2.68. The van der Waals surface area contributed by atoms with Crippen LogP contribution in [0.3, 0.4) is 0 Å². The minimum Gasteiger partial charge on any atom is -0.437 e. The largest absolute Gasteiger partial charge is 0.437 e. The lowest BCUT2D eigenvalue weighted by Gasteiger charge is -2.10. The quantitative estimate of drug-likeness (QED) is 0.888. The summed E-state index contributed by atoms with van der Waals surface area (Å²) in [6.45, 7) is 3.76. The van der Waals surface area contributed by atoms with Gasteiger partial charge < -0.3 is 10.5 Å². The van der Waals surface area contributed by atoms with Crippen LogP contribution >= 0.6 is 11.6 Å². The van der Waals surface area contributed by atoms with Gasteiger partial charge in [0.15, 0.2) is 0 Å². The predicted molar refractivity (Wildman–Crippen MR) is 67.4 cm³/mol. The number of nitrogens with zero attached hydrogens (tertiary/aromatic N) is 2. The summed E-state index contributed by atoms with van der Waals surface area (Å²) in [5.41, 5.74) is 7.44. The summed E-state index contributed by atoms with van der Waals surface area (Å²) in [5.74, 6) is 1.39. The van der Waals surface area contributed by atoms with Crippen LogP contribution in [-0.4, -0.2) is 9.97 Å². The Hall–Kier alpha value is -1.81. The average molecular weight is 250 g/mol. The van der Waals surface area contributed by atoms with Crippen LogP contribution < -0.4 is 10.5 Å². The van der Waals surface area contributed by atoms with Gasteiger partial charge in [0.25, 0.3) is 0 Å². The molecule has 1 heterocycles. The van der Waals surface area contributed by atoms with Crippen molar-refractivity contribution in [2.24, 2.45) is 0 Å². The number of nitrogens with two attached hydrogens (primary N) is 1. The molecule has 0 amide bonds. The Balaban J connectivity index is 2.38. The minimum absolute atomic E-state index is 0.402. The molecule has 1 aromatic carbocycles. The lowest BCUT2D eigenvalue weighted by Crippen LogP contribution is -1.99. The van der Waals surface area contributed by atoms with Crippen molar-refractivity contribution >= 4 is 17.4 Å². The monoisotopic (exact) mass is 249 g/mol. The van der Waals surface area contributed by atoms with E-state index >= 15 is 0 Å². The van der Waals surface area contributed by atoms with Gasteiger partial charge in [-0.05, 0) is 31.5 Å². The van der Waals surface area contributed by atoms with Gasteiger partial charge in [-0.15, -0.1) is 0 Å². The molecule has 2 N–H and O–H groups in total. The van der Waals surface area contributed by atoms with Crippen LogP contribution in [0.1, 0.15) is 11.1 Å². The minimum atomic E-state index is 0.402. The van der Waals surface area contributed by atoms with E-state index in [4.69, 9.17) is 22.1 Å². The third kappa shape index (κ3) is 2.47. The summed E-state index contributed by atoms with van der Waals surface area (Å²) in [4.78, 5) is 7.91. The van der Waals surface area contributed by atoms with E-state index in [9.17, 15) is 0 Å². The highest BCUT2D eigenvalue weighted by Gasteiger charge is 2.09. The van der Waals surface area contributed by atoms with Crippen LogP contribution in [0.15, 0.2) is 24.5 Å². The zero-order chi connectivity index (χ0) is 12.4. The highest BCUT2D eigenvalue weighted by molar-refractivity contribution is 6.32. The molecule has 4 nitrogen and oxygen atoms in total. The van der Waals surface area contributed by atoms with Gasteiger partial charge in [-0.1, -0.05) is 17.7 Å². The Morgan fingerprint density at radius 1 is 1.24 bits per heavy atom. The Bertz CT molecular complexity index is 557. The van der Waals surface area contributed by atoms with E-state index in [1.165, 1.54) is 6.33 Å². The van der Waals surface area contributed by atoms with Crippen molar-refractivity contribution in [2.45, 2.75) is 13.8 Å². The fourth-order valence-electron chi connectivity index (χ4n) is 1.34. The van der Waals surface area contributed by atoms with E-state index in [0.29, 0.717) is 28.0 Å². The van der Waals surface area contributed by atoms with Crippen molar-refractivity contribution < 1.29 is 4.74 Å². The van der Waals surface area contributed by atoms with Crippen molar-refractivity contribution in [3.05, 3.63) is 40.7 Å². The molecule has 0 spiro atoms. The zero-order valence-electron chi connectivity index (χ0n) is 9.57. The normalized spacial score (nSPS) is 10.3. The second-order valence-corrected chi connectivity index (χ2v) is 4.13. The number of ether oxygens (including phenoxy) is 1. The highest BCUT2D eigenvalue weighted by atomic mass is 35.5. The summed E-state index contributed by atoms with van der Waals surface area (Å²) >= 11 is 6.04. The van der Waals surface area contributed by atoms with Gasteiger partial charge >= 0.3 is 0 Å². The van der Waals surface area contributed by atoms with E-state index in [0.717, 1.165) is 5.56 Å². The molecule has 17 heavy (non-hydrogen) atoms. The standard InChI is InChI=1S/C12H12ClN3O/c1-7-3-4-9(13)10(5-7)17-12-8(2)11(14)15-6-16-12/h3-6H,1-2H3,(H2,14,15,16). The molecule has 2 rings (SSSR count). The third-order valence-electron chi connectivity index (χ3n) is 2.37. The van der Waals surface area contributed by atoms with E-state index in [1.54, 1.807) is 13.0 Å². The number of benzene rings is 1. The Labute approximate surface area is 104 Å². The van der Waals surface area contributed by atoms with E-state index in [2.05, 4.69) is 9.97 Å². The summed E-state index contributed by atoms with van der Waals surface area (Å²) in [6.07, 6.45) is 1.36. The smallest absolute Gasteiger partial charge is 0.227 e. The maximum absolute atomic E-state index is 6.04. The number of halogens is 1. The fraction of sp³-hybridized carbons (Fsp3) is 0.167. The van der Waals surface area contributed by atoms with E-state index in [-0.39, 0.29) is 0 Å². The van der Waals surface area contributed by atoms with Crippen LogP contribution in [0.4, 0.5) is 5.82 Å². The predicted octanol–water partition coefficient (Wildman–Crippen LogP) is 3.12. The molecule has 0 aliphatic heterocycles. The molecule has 1 aromatic heterocycles. The van der Waals surface area contributed by atoms with Crippen LogP contribution in [0, 0.1) is 13.8 Å². The molecule has 0 aliphatic rings. The van der Waals surface area contributed by atoms with Crippen LogP contribution in [-0.2, 0) is 0 Å². The molecule has 2 aromatic rings. The second kappa shape index (κ2) is 4.59. The second-order valence-electron chi connectivity index (χ2n) is 3.73. The van der Waals surface area contributed by atoms with Crippen LogP contribution in [0.5, 0.6) is 11.6 Å². The first kappa shape index (κ1) is 11.7. The number of hydrogen-bond acceptors (Lipinski definition) is 4. The van der Waals surface area contributed by atoms with Crippen molar-refractivity contribution in [1.82, 2.24) is 9.97 Å². The van der Waals surface area contributed by atoms with Crippen molar-refractivity contribution in [1.29, 1.82) is 0 Å². The number of aromatic nitrogens is 2. The van der Waals surface area contributed by atoms with Gasteiger partial charge in [0, 0.05) is 0 Å². The maximum atomic E-state index is 6.04. The molecule has 0 aliphatic carbocycles. The van der Waals surface area contributed by atoms with Gasteiger partial charge in [0.1, 0.15) is 17.9 Å². The number of rotatable bonds is 2. The zero-order valence-corrected chi connectivity index (χ0v) is 10.3. The lowest BCUT2D eigenvalue weighted by atomic mass is 10.2. The molecule has 0 saturated heterocycles. The Kier molecular flexibility index (Phi) is 3.15. The fourth-order valence-corrected chi connectivity index (χ4v) is 1.50. The lowest BCUT2D eigenvalue weighted by molar-refractivity contribution is 0.458. The molecule has 88 valence electrons. The van der Waals surface area contributed by atoms with Crippen molar-refractivity contribution in [3.63, 3.8) is 0 Å². The molecule has 0 bridgehead atoms. The topological polar surface area (TPSA) is 61.0 Å². The average Bonchev–Trinajstić information content (AvgIpc) is 2.30. The first-order valence-electron chi connectivity index (χ1n) is 5.09. The first-order chi connectivity index (χ1) is 8.08. The van der Waals surface area contributed by atoms with E-state index < -0.39 is 0 Å². The summed E-state index contributed by atoms with van der Waals surface area (Å²) in [7, 11) is 0. The molecular weight excluding hydrogens is 238 g/mol. The SMILES string of the molecule is Cc1ccc(Cl)c(Oc2ncnc(N)c2C)c1. The van der Waals surface area contributed by atoms with Crippen molar-refractivity contribution in [2.75, 3.05) is 5.73 Å². The summed E-state index contributed by atoms with van der Waals surface area (Å²) in [6, 6.07) is 5.54. The summed E-state index contributed by atoms with van der Waals surface area (Å²) < 4.78 is 5.64. The molecule has 0 radical (unpaired) electrons. The molecule has 0 saturated carbocycles. The molecule has 5 heteroatoms. The van der Waals surface area contributed by atoms with Crippen LogP contribution in [0.25, 0.3) is 0 Å². The molecular formula is C12H12ClN3O. The van der Waals surface area contributed by atoms with E-state index in [1.807, 2.05) is 19.1 Å². The number of hydrogen-bond donors (Lipinski definition) is 1. The van der Waals surface area contributed by atoms with Gasteiger partial charge in [0.05, 0.1) is 10.6 Å². The van der Waals surface area contributed by atoms with Crippen LogP contribution in [0.2, 0.25) is 5.02 Å². The number of nitrogen functional groups attached to an aromatic ring is 1.